The van der Waals surface area contributed by atoms with Gasteiger partial charge >= 0.3 is 5.97 Å². The molecule has 224 valence electrons. The fraction of sp³-hybridized carbons (Fsp3) is 0.870. The predicted molar refractivity (Wildman–Crippen MR) is 132 cm³/mol. The molecule has 1 fully saturated rings. The lowest BCUT2D eigenvalue weighted by atomic mass is 10.4. The molecule has 0 aromatic heterocycles. The molecule has 1 heterocycles. The lowest BCUT2D eigenvalue weighted by Gasteiger charge is -2.12. The Morgan fingerprint density at radius 2 is 0.949 bits per heavy atom. The van der Waals surface area contributed by atoms with Crippen LogP contribution in [0.5, 0.6) is 0 Å². The van der Waals surface area contributed by atoms with Gasteiger partial charge in [0.1, 0.15) is 0 Å². The lowest BCUT2D eigenvalue weighted by Crippen LogP contribution is -2.32. The van der Waals surface area contributed by atoms with E-state index >= 15 is 0 Å². The summed E-state index contributed by atoms with van der Waals surface area (Å²) in [5.41, 5.74) is 8.11. The van der Waals surface area contributed by atoms with E-state index in [2.05, 4.69) is 10.0 Å². The Morgan fingerprint density at radius 1 is 0.615 bits per heavy atom. The molecule has 0 radical (unpaired) electrons. The molecule has 1 aliphatic rings. The van der Waals surface area contributed by atoms with Crippen LogP contribution in [0.15, 0.2) is 5.11 Å². The van der Waals surface area contributed by atoms with Crippen LogP contribution in [-0.4, -0.2) is 135 Å². The Labute approximate surface area is 227 Å². The molecule has 1 aliphatic heterocycles. The molecule has 0 bridgehead atoms. The van der Waals surface area contributed by atoms with E-state index in [0.717, 1.165) is 0 Å². The average Bonchev–Trinajstić information content (AvgIpc) is 3.24. The van der Waals surface area contributed by atoms with E-state index in [-0.39, 0.29) is 32.5 Å². The maximum atomic E-state index is 11.6. The molecule has 0 N–H and O–H groups in total. The third-order valence-electron chi connectivity index (χ3n) is 4.65. The van der Waals surface area contributed by atoms with Crippen LogP contribution in [0.1, 0.15) is 19.3 Å². The number of rotatable bonds is 28. The van der Waals surface area contributed by atoms with Crippen LogP contribution in [0.3, 0.4) is 0 Å². The molecule has 0 atom stereocenters. The Hall–Kier alpha value is -2.40. The van der Waals surface area contributed by atoms with Crippen molar-refractivity contribution in [2.75, 3.05) is 112 Å². The zero-order valence-electron chi connectivity index (χ0n) is 22.3. The zero-order valence-corrected chi connectivity index (χ0v) is 22.3. The average molecular weight is 565 g/mol. The highest BCUT2D eigenvalue weighted by Crippen LogP contribution is 2.12. The molecule has 0 aliphatic carbocycles. The second-order valence-electron chi connectivity index (χ2n) is 7.65. The van der Waals surface area contributed by atoms with Gasteiger partial charge in [0.15, 0.2) is 0 Å². The van der Waals surface area contributed by atoms with Crippen LogP contribution in [0.2, 0.25) is 0 Å². The number of ether oxygens (including phenoxy) is 8. The van der Waals surface area contributed by atoms with Gasteiger partial charge in [-0.05, 0) is 5.53 Å². The second kappa shape index (κ2) is 25.9. The third-order valence-corrected chi connectivity index (χ3v) is 4.65. The van der Waals surface area contributed by atoms with Crippen molar-refractivity contribution in [1.29, 1.82) is 0 Å². The summed E-state index contributed by atoms with van der Waals surface area (Å²) in [6.07, 6.45) is 0.0445. The normalized spacial score (nSPS) is 13.2. The van der Waals surface area contributed by atoms with E-state index in [1.807, 2.05) is 0 Å². The van der Waals surface area contributed by atoms with E-state index in [4.69, 9.17) is 48.3 Å². The van der Waals surface area contributed by atoms with Crippen molar-refractivity contribution < 1.29 is 57.1 Å². The molecule has 0 unspecified atom stereocenters. The van der Waals surface area contributed by atoms with Gasteiger partial charge in [0, 0.05) is 24.3 Å². The van der Waals surface area contributed by atoms with Gasteiger partial charge in [-0.25, -0.2) is 4.79 Å². The van der Waals surface area contributed by atoms with Crippen molar-refractivity contribution in [2.45, 2.75) is 19.3 Å². The predicted octanol–water partition coefficient (Wildman–Crippen LogP) is 0.427. The maximum absolute atomic E-state index is 11.6. The van der Waals surface area contributed by atoms with Crippen LogP contribution < -0.4 is 0 Å². The minimum atomic E-state index is -0.700. The minimum absolute atomic E-state index is 0.0592. The Bertz CT molecular complexity index is 693. The van der Waals surface area contributed by atoms with Crippen LogP contribution in [0, 0.1) is 0 Å². The van der Waals surface area contributed by atoms with Gasteiger partial charge in [0.2, 0.25) is 0 Å². The molecule has 0 aromatic rings. The Balaban J connectivity index is 1.69. The number of amides is 2. The van der Waals surface area contributed by atoms with E-state index in [1.54, 1.807) is 0 Å². The van der Waals surface area contributed by atoms with Crippen molar-refractivity contribution in [2.24, 2.45) is 5.11 Å². The van der Waals surface area contributed by atoms with Crippen molar-refractivity contribution >= 4 is 17.8 Å². The quantitative estimate of drug-likeness (QED) is 0.0420. The first-order valence-corrected chi connectivity index (χ1v) is 12.8. The van der Waals surface area contributed by atoms with E-state index < -0.39 is 17.8 Å². The summed E-state index contributed by atoms with van der Waals surface area (Å²) >= 11 is 0. The first-order valence-electron chi connectivity index (χ1n) is 12.8. The Kier molecular flexibility index (Phi) is 23.0. The number of hydrogen-bond acceptors (Lipinski definition) is 13. The number of azide groups is 1. The molecule has 0 aromatic carbocycles. The number of hydroxylamine groups is 2. The number of nitrogens with zero attached hydrogens (tertiary/aromatic N) is 4. The SMILES string of the molecule is [N-]=[N+]=NCCOCCOCCOCCOCCOCCOCCOCCOCCC(=O)ON1C(=O)CCC1=O. The first kappa shape index (κ1) is 34.6. The van der Waals surface area contributed by atoms with Crippen LogP contribution in [0.25, 0.3) is 10.4 Å². The number of imide groups is 1. The third kappa shape index (κ3) is 21.1. The molecular formula is C23H40N4O12. The number of carbonyl (C=O) groups is 3. The highest BCUT2D eigenvalue weighted by Gasteiger charge is 2.32. The van der Waals surface area contributed by atoms with Crippen molar-refractivity contribution in [3.63, 3.8) is 0 Å². The number of hydrogen-bond donors (Lipinski definition) is 0. The van der Waals surface area contributed by atoms with Crippen molar-refractivity contribution in [3.05, 3.63) is 10.4 Å². The molecule has 0 saturated carbocycles. The molecule has 2 amide bonds. The van der Waals surface area contributed by atoms with Crippen molar-refractivity contribution in [3.8, 4) is 0 Å². The zero-order chi connectivity index (χ0) is 28.2. The van der Waals surface area contributed by atoms with E-state index in [0.29, 0.717) is 104 Å². The van der Waals surface area contributed by atoms with Gasteiger partial charge < -0.3 is 42.7 Å². The van der Waals surface area contributed by atoms with Gasteiger partial charge in [-0.15, -0.1) is 5.06 Å². The van der Waals surface area contributed by atoms with Crippen LogP contribution >= 0.6 is 0 Å². The maximum Gasteiger partial charge on any atom is 0.335 e. The second-order valence-corrected chi connectivity index (χ2v) is 7.65. The monoisotopic (exact) mass is 564 g/mol. The van der Waals surface area contributed by atoms with Crippen LogP contribution in [-0.2, 0) is 57.1 Å². The van der Waals surface area contributed by atoms with Gasteiger partial charge in [-0.2, -0.15) is 0 Å². The molecular weight excluding hydrogens is 524 g/mol. The van der Waals surface area contributed by atoms with Crippen molar-refractivity contribution in [1.82, 2.24) is 5.06 Å². The first-order chi connectivity index (χ1) is 19.1. The highest BCUT2D eigenvalue weighted by molar-refractivity contribution is 6.01. The van der Waals surface area contributed by atoms with E-state index in [1.165, 1.54) is 0 Å². The summed E-state index contributed by atoms with van der Waals surface area (Å²) in [4.78, 5) is 41.7. The molecule has 1 rings (SSSR count). The summed E-state index contributed by atoms with van der Waals surface area (Å²) in [7, 11) is 0. The summed E-state index contributed by atoms with van der Waals surface area (Å²) in [5.74, 6) is -1.72. The standard InChI is InChI=1S/C23H40N4O12/c24-26-25-4-6-32-8-10-34-12-14-36-16-18-38-20-19-37-17-15-35-13-11-33-9-7-31-5-3-23(30)39-27-21(28)1-2-22(27)29/h1-20H2. The summed E-state index contributed by atoms with van der Waals surface area (Å²) < 4.78 is 42.7. The fourth-order valence-electron chi connectivity index (χ4n) is 2.75. The smallest absolute Gasteiger partial charge is 0.335 e. The topological polar surface area (TPSA) is 186 Å². The van der Waals surface area contributed by atoms with Gasteiger partial charge in [0.05, 0.1) is 112 Å². The van der Waals surface area contributed by atoms with Crippen LogP contribution in [0.4, 0.5) is 0 Å². The molecule has 1 saturated heterocycles. The number of carbonyl (C=O) groups excluding carboxylic acids is 3. The summed E-state index contributed by atoms with van der Waals surface area (Å²) in [6, 6.07) is 0. The molecule has 39 heavy (non-hydrogen) atoms. The van der Waals surface area contributed by atoms with E-state index in [9.17, 15) is 14.4 Å². The lowest BCUT2D eigenvalue weighted by molar-refractivity contribution is -0.198. The van der Waals surface area contributed by atoms with Gasteiger partial charge in [0.25, 0.3) is 11.8 Å². The molecule has 16 nitrogen and oxygen atoms in total. The molecule has 16 heteroatoms. The van der Waals surface area contributed by atoms with Gasteiger partial charge in [-0.3, -0.25) is 9.59 Å². The highest BCUT2D eigenvalue weighted by atomic mass is 16.7. The fourth-order valence-corrected chi connectivity index (χ4v) is 2.75. The summed E-state index contributed by atoms with van der Waals surface area (Å²) in [5, 5.41) is 3.87. The summed E-state index contributed by atoms with van der Waals surface area (Å²) in [6.45, 7) is 6.79. The Morgan fingerprint density at radius 3 is 1.31 bits per heavy atom. The largest absolute Gasteiger partial charge is 0.379 e. The van der Waals surface area contributed by atoms with Gasteiger partial charge in [-0.1, -0.05) is 5.11 Å². The molecule has 0 spiro atoms. The minimum Gasteiger partial charge on any atom is -0.379 e.